The standard InChI is InChI=1S/C13H15N3O2S2/c1-14-11(17)7-10(12(18)15-2)20-13-16-8-5-3-4-6-9(8)19-13/h3-6,10H,7H2,1-2H3,(H,14,17)(H,15,18). The first-order valence-electron chi connectivity index (χ1n) is 6.08. The van der Waals surface area contributed by atoms with Gasteiger partial charge in [0.1, 0.15) is 0 Å². The Labute approximate surface area is 125 Å². The third kappa shape index (κ3) is 3.49. The summed E-state index contributed by atoms with van der Waals surface area (Å²) in [6.07, 6.45) is 0.136. The molecule has 1 aromatic carbocycles. The lowest BCUT2D eigenvalue weighted by atomic mass is 10.3. The Kier molecular flexibility index (Phi) is 4.97. The molecule has 106 valence electrons. The first kappa shape index (κ1) is 14.8. The van der Waals surface area contributed by atoms with Gasteiger partial charge in [0.2, 0.25) is 11.8 Å². The monoisotopic (exact) mass is 309 g/mol. The van der Waals surface area contributed by atoms with E-state index in [1.807, 2.05) is 24.3 Å². The fraction of sp³-hybridized carbons (Fsp3) is 0.308. The molecule has 1 unspecified atom stereocenters. The van der Waals surface area contributed by atoms with E-state index in [2.05, 4.69) is 15.6 Å². The molecule has 0 spiro atoms. The smallest absolute Gasteiger partial charge is 0.233 e. The molecule has 0 radical (unpaired) electrons. The highest BCUT2D eigenvalue weighted by atomic mass is 32.2. The van der Waals surface area contributed by atoms with Gasteiger partial charge in [0.05, 0.1) is 15.5 Å². The summed E-state index contributed by atoms with van der Waals surface area (Å²) in [5, 5.41) is 4.65. The number of benzene rings is 1. The van der Waals surface area contributed by atoms with Crippen LogP contribution in [0.25, 0.3) is 10.2 Å². The minimum Gasteiger partial charge on any atom is -0.359 e. The summed E-state index contributed by atoms with van der Waals surface area (Å²) >= 11 is 2.85. The van der Waals surface area contributed by atoms with Crippen LogP contribution in [-0.2, 0) is 9.59 Å². The number of thiazole rings is 1. The Morgan fingerprint density at radius 1 is 1.30 bits per heavy atom. The summed E-state index contributed by atoms with van der Waals surface area (Å²) < 4.78 is 1.87. The quantitative estimate of drug-likeness (QED) is 0.824. The van der Waals surface area contributed by atoms with Gasteiger partial charge in [-0.3, -0.25) is 9.59 Å². The number of carbonyl (C=O) groups is 2. The van der Waals surface area contributed by atoms with Crippen LogP contribution in [0.1, 0.15) is 6.42 Å². The van der Waals surface area contributed by atoms with Crippen LogP contribution in [0.2, 0.25) is 0 Å². The van der Waals surface area contributed by atoms with Crippen molar-refractivity contribution in [2.45, 2.75) is 16.0 Å². The minimum absolute atomic E-state index is 0.136. The van der Waals surface area contributed by atoms with Gasteiger partial charge in [-0.1, -0.05) is 23.9 Å². The van der Waals surface area contributed by atoms with Crippen molar-refractivity contribution in [3.63, 3.8) is 0 Å². The van der Waals surface area contributed by atoms with Crippen molar-refractivity contribution in [3.8, 4) is 0 Å². The highest BCUT2D eigenvalue weighted by Crippen LogP contribution is 2.33. The molecule has 2 aromatic rings. The number of hydrogen-bond acceptors (Lipinski definition) is 5. The second kappa shape index (κ2) is 6.71. The molecule has 2 N–H and O–H groups in total. The number of carbonyl (C=O) groups excluding carboxylic acids is 2. The summed E-state index contributed by atoms with van der Waals surface area (Å²) in [5.74, 6) is -0.329. The van der Waals surface area contributed by atoms with Gasteiger partial charge >= 0.3 is 0 Å². The molecule has 1 atom stereocenters. The maximum Gasteiger partial charge on any atom is 0.233 e. The van der Waals surface area contributed by atoms with Gasteiger partial charge in [0.25, 0.3) is 0 Å². The fourth-order valence-electron chi connectivity index (χ4n) is 1.64. The second-order valence-electron chi connectivity index (χ2n) is 4.05. The normalized spacial score (nSPS) is 12.1. The van der Waals surface area contributed by atoms with Gasteiger partial charge in [-0.05, 0) is 12.1 Å². The molecule has 1 aromatic heterocycles. The van der Waals surface area contributed by atoms with Gasteiger partial charge in [-0.15, -0.1) is 11.3 Å². The molecular weight excluding hydrogens is 294 g/mol. The predicted octanol–water partition coefficient (Wildman–Crippen LogP) is 1.64. The summed E-state index contributed by atoms with van der Waals surface area (Å²) in [6, 6.07) is 7.81. The van der Waals surface area contributed by atoms with Crippen molar-refractivity contribution in [1.82, 2.24) is 15.6 Å². The van der Waals surface area contributed by atoms with Crippen molar-refractivity contribution in [2.75, 3.05) is 14.1 Å². The van der Waals surface area contributed by atoms with E-state index in [1.165, 1.54) is 23.1 Å². The van der Waals surface area contributed by atoms with Crippen molar-refractivity contribution >= 4 is 45.1 Å². The third-order valence-corrected chi connectivity index (χ3v) is 5.03. The van der Waals surface area contributed by atoms with Crippen LogP contribution in [0.5, 0.6) is 0 Å². The highest BCUT2D eigenvalue weighted by Gasteiger charge is 2.23. The summed E-state index contributed by atoms with van der Waals surface area (Å²) in [5.41, 5.74) is 0.913. The zero-order valence-corrected chi connectivity index (χ0v) is 12.8. The number of fused-ring (bicyclic) bond motifs is 1. The topological polar surface area (TPSA) is 71.1 Å². The van der Waals surface area contributed by atoms with Crippen LogP contribution in [-0.4, -0.2) is 36.1 Å². The highest BCUT2D eigenvalue weighted by molar-refractivity contribution is 8.02. The van der Waals surface area contributed by atoms with Gasteiger partial charge < -0.3 is 10.6 Å². The van der Waals surface area contributed by atoms with Crippen molar-refractivity contribution in [3.05, 3.63) is 24.3 Å². The lowest BCUT2D eigenvalue weighted by Crippen LogP contribution is -2.34. The number of aromatic nitrogens is 1. The zero-order chi connectivity index (χ0) is 14.5. The van der Waals surface area contributed by atoms with E-state index >= 15 is 0 Å². The SMILES string of the molecule is CNC(=O)CC(Sc1nc2ccccc2s1)C(=O)NC. The molecule has 0 saturated heterocycles. The number of amides is 2. The van der Waals surface area contributed by atoms with E-state index in [1.54, 1.807) is 14.1 Å². The molecule has 20 heavy (non-hydrogen) atoms. The van der Waals surface area contributed by atoms with Crippen molar-refractivity contribution < 1.29 is 9.59 Å². The Morgan fingerprint density at radius 3 is 2.70 bits per heavy atom. The summed E-state index contributed by atoms with van der Waals surface area (Å²) in [6.45, 7) is 0. The Bertz CT molecular complexity index is 594. The van der Waals surface area contributed by atoms with E-state index in [0.717, 1.165) is 14.6 Å². The molecule has 0 aliphatic rings. The van der Waals surface area contributed by atoms with Crippen LogP contribution >= 0.6 is 23.1 Å². The molecule has 2 rings (SSSR count). The maximum absolute atomic E-state index is 11.8. The molecule has 0 bridgehead atoms. The fourth-order valence-corrected chi connectivity index (χ4v) is 4.00. The molecule has 0 aliphatic carbocycles. The van der Waals surface area contributed by atoms with Crippen LogP contribution in [0.15, 0.2) is 28.6 Å². The number of hydrogen-bond donors (Lipinski definition) is 2. The number of nitrogens with zero attached hydrogens (tertiary/aromatic N) is 1. The Balaban J connectivity index is 2.17. The molecule has 0 fully saturated rings. The number of thioether (sulfide) groups is 1. The lowest BCUT2D eigenvalue weighted by Gasteiger charge is -2.12. The van der Waals surface area contributed by atoms with Gasteiger partial charge in [-0.2, -0.15) is 0 Å². The lowest BCUT2D eigenvalue weighted by molar-refractivity contribution is -0.125. The van der Waals surface area contributed by atoms with E-state index in [0.29, 0.717) is 0 Å². The molecule has 5 nitrogen and oxygen atoms in total. The average molecular weight is 309 g/mol. The Hall–Kier alpha value is -1.60. The Morgan fingerprint density at radius 2 is 2.05 bits per heavy atom. The van der Waals surface area contributed by atoms with E-state index in [-0.39, 0.29) is 18.2 Å². The van der Waals surface area contributed by atoms with E-state index in [4.69, 9.17) is 0 Å². The molecule has 2 amide bonds. The third-order valence-electron chi connectivity index (χ3n) is 2.71. The average Bonchev–Trinajstić information content (AvgIpc) is 2.87. The predicted molar refractivity (Wildman–Crippen MR) is 82.0 cm³/mol. The van der Waals surface area contributed by atoms with Gasteiger partial charge in [0, 0.05) is 20.5 Å². The molecule has 0 saturated carbocycles. The zero-order valence-electron chi connectivity index (χ0n) is 11.2. The first-order chi connectivity index (χ1) is 9.63. The van der Waals surface area contributed by atoms with E-state index < -0.39 is 5.25 Å². The van der Waals surface area contributed by atoms with Gasteiger partial charge in [-0.25, -0.2) is 4.98 Å². The maximum atomic E-state index is 11.8. The van der Waals surface area contributed by atoms with Gasteiger partial charge in [0.15, 0.2) is 4.34 Å². The second-order valence-corrected chi connectivity index (χ2v) is 6.53. The molecule has 0 aliphatic heterocycles. The van der Waals surface area contributed by atoms with Crippen LogP contribution in [0, 0.1) is 0 Å². The number of rotatable bonds is 5. The number of para-hydroxylation sites is 1. The molecular formula is C13H15N3O2S2. The van der Waals surface area contributed by atoms with Crippen LogP contribution in [0.4, 0.5) is 0 Å². The summed E-state index contributed by atoms with van der Waals surface area (Å²) in [7, 11) is 3.13. The van der Waals surface area contributed by atoms with Crippen molar-refractivity contribution in [2.24, 2.45) is 0 Å². The first-order valence-corrected chi connectivity index (χ1v) is 7.78. The largest absolute Gasteiger partial charge is 0.359 e. The summed E-state index contributed by atoms with van der Waals surface area (Å²) in [4.78, 5) is 27.8. The van der Waals surface area contributed by atoms with Crippen LogP contribution < -0.4 is 10.6 Å². The molecule has 1 heterocycles. The van der Waals surface area contributed by atoms with Crippen LogP contribution in [0.3, 0.4) is 0 Å². The van der Waals surface area contributed by atoms with E-state index in [9.17, 15) is 9.59 Å². The molecule has 7 heteroatoms. The minimum atomic E-state index is -0.472. The number of nitrogens with one attached hydrogen (secondary N) is 2. The van der Waals surface area contributed by atoms with Crippen molar-refractivity contribution in [1.29, 1.82) is 0 Å².